The van der Waals surface area contributed by atoms with Gasteiger partial charge < -0.3 is 0 Å². The Labute approximate surface area is 173 Å². The monoisotopic (exact) mass is 398 g/mol. The summed E-state index contributed by atoms with van der Waals surface area (Å²) in [6.45, 7) is 0. The maximum Gasteiger partial charge on any atom is 0.265 e. The van der Waals surface area contributed by atoms with Crippen molar-refractivity contribution in [1.29, 1.82) is 5.26 Å². The molecule has 1 aliphatic rings. The van der Waals surface area contributed by atoms with Crippen molar-refractivity contribution in [2.75, 3.05) is 4.90 Å². The number of ketones is 1. The van der Waals surface area contributed by atoms with Crippen LogP contribution in [0.2, 0.25) is 0 Å². The van der Waals surface area contributed by atoms with Crippen molar-refractivity contribution in [2.45, 2.75) is 4.87 Å². The van der Waals surface area contributed by atoms with Crippen molar-refractivity contribution in [3.63, 3.8) is 0 Å². The normalized spacial score (nSPS) is 19.2. The van der Waals surface area contributed by atoms with Crippen molar-refractivity contribution in [1.82, 2.24) is 0 Å². The molecule has 1 unspecified atom stereocenters. The molecule has 3 aromatic carbocycles. The first-order valence-electron chi connectivity index (χ1n) is 8.97. The molecular weight excluding hydrogens is 384 g/mol. The molecule has 4 rings (SSSR count). The van der Waals surface area contributed by atoms with Gasteiger partial charge in [0, 0.05) is 11.3 Å². The van der Waals surface area contributed by atoms with Gasteiger partial charge in [-0.3, -0.25) is 14.5 Å². The van der Waals surface area contributed by atoms with Gasteiger partial charge in [-0.1, -0.05) is 90.5 Å². The lowest BCUT2D eigenvalue weighted by molar-refractivity contribution is -0.129. The van der Waals surface area contributed by atoms with E-state index >= 15 is 0 Å². The fourth-order valence-electron chi connectivity index (χ4n) is 3.46. The highest BCUT2D eigenvalue weighted by Crippen LogP contribution is 2.44. The Bertz CT molecular complexity index is 1150. The zero-order chi connectivity index (χ0) is 20.4. The summed E-state index contributed by atoms with van der Waals surface area (Å²) in [5.74, 6) is -1.33. The first-order valence-corrected chi connectivity index (χ1v) is 9.35. The van der Waals surface area contributed by atoms with Crippen LogP contribution in [0.3, 0.4) is 0 Å². The second-order valence-corrected chi connectivity index (χ2v) is 7.10. The summed E-state index contributed by atoms with van der Waals surface area (Å²) >= 11 is 6.75. The molecule has 29 heavy (non-hydrogen) atoms. The van der Waals surface area contributed by atoms with Crippen LogP contribution in [0.15, 0.2) is 96.6 Å². The first-order chi connectivity index (χ1) is 14.1. The summed E-state index contributed by atoms with van der Waals surface area (Å²) in [5.41, 5.74) is 1.52. The third-order valence-corrected chi connectivity index (χ3v) is 5.39. The second kappa shape index (κ2) is 7.38. The smallest absolute Gasteiger partial charge is 0.265 e. The zero-order valence-corrected chi connectivity index (χ0v) is 16.0. The van der Waals surface area contributed by atoms with Crippen LogP contribution < -0.4 is 4.90 Å². The number of nitriles is 1. The summed E-state index contributed by atoms with van der Waals surface area (Å²) in [7, 11) is 0. The molecule has 5 heteroatoms. The van der Waals surface area contributed by atoms with E-state index in [1.54, 1.807) is 78.9 Å². The van der Waals surface area contributed by atoms with Crippen LogP contribution >= 0.6 is 11.6 Å². The summed E-state index contributed by atoms with van der Waals surface area (Å²) in [5, 5.41) is 9.90. The van der Waals surface area contributed by atoms with E-state index in [0.29, 0.717) is 16.8 Å². The third kappa shape index (κ3) is 2.93. The lowest BCUT2D eigenvalue weighted by atomic mass is 9.82. The molecule has 0 fully saturated rings. The van der Waals surface area contributed by atoms with Gasteiger partial charge in [-0.05, 0) is 17.7 Å². The van der Waals surface area contributed by atoms with Crippen LogP contribution in [0.4, 0.5) is 5.69 Å². The minimum Gasteiger partial charge on any atom is -0.290 e. The van der Waals surface area contributed by atoms with Gasteiger partial charge in [0.05, 0.1) is 5.70 Å². The van der Waals surface area contributed by atoms with E-state index in [9.17, 15) is 14.9 Å². The van der Waals surface area contributed by atoms with Gasteiger partial charge in [-0.25, -0.2) is 0 Å². The lowest BCUT2D eigenvalue weighted by Gasteiger charge is -2.38. The number of para-hydroxylation sites is 1. The van der Waals surface area contributed by atoms with Gasteiger partial charge in [0.2, 0.25) is 10.7 Å². The third-order valence-electron chi connectivity index (χ3n) is 4.84. The Balaban J connectivity index is 2.05. The Kier molecular flexibility index (Phi) is 4.75. The van der Waals surface area contributed by atoms with Crippen LogP contribution in [0.1, 0.15) is 11.1 Å². The number of hydrogen-bond donors (Lipinski definition) is 0. The molecule has 0 N–H and O–H groups in total. The predicted molar refractivity (Wildman–Crippen MR) is 112 cm³/mol. The van der Waals surface area contributed by atoms with Gasteiger partial charge in [0.25, 0.3) is 5.91 Å². The molecule has 0 bridgehead atoms. The number of alkyl halides is 1. The quantitative estimate of drug-likeness (QED) is 0.475. The number of Topliss-reactive ketones (excluding diaryl/α,β-unsaturated/α-hetero) is 1. The van der Waals surface area contributed by atoms with E-state index in [-0.39, 0.29) is 11.3 Å². The molecule has 0 saturated carbocycles. The summed E-state index contributed by atoms with van der Waals surface area (Å²) in [4.78, 5) is 26.5. The molecular formula is C24H15ClN2O2. The number of nitrogens with zero attached hydrogens (tertiary/aromatic N) is 2. The van der Waals surface area contributed by atoms with Crippen LogP contribution in [0, 0.1) is 11.3 Å². The van der Waals surface area contributed by atoms with Gasteiger partial charge in [-0.2, -0.15) is 5.26 Å². The fourth-order valence-corrected chi connectivity index (χ4v) is 3.77. The molecule has 4 nitrogen and oxygen atoms in total. The number of benzene rings is 3. The lowest BCUT2D eigenvalue weighted by Crippen LogP contribution is -2.52. The average molecular weight is 399 g/mol. The van der Waals surface area contributed by atoms with Crippen LogP contribution in [0.25, 0.3) is 5.70 Å². The first kappa shape index (κ1) is 18.7. The highest BCUT2D eigenvalue weighted by atomic mass is 35.5. The number of hydrogen-bond acceptors (Lipinski definition) is 3. The number of rotatable bonds is 3. The Morgan fingerprint density at radius 3 is 1.86 bits per heavy atom. The maximum absolute atomic E-state index is 13.7. The summed E-state index contributed by atoms with van der Waals surface area (Å²) in [6, 6.07) is 28.2. The molecule has 0 aliphatic carbocycles. The molecule has 3 aromatic rings. The standard InChI is InChI=1S/C24H15ClN2O2/c25-24(18-12-6-2-7-13-18)22(28)20(16-26)21(17-10-4-1-5-11-17)27(23(24)29)19-14-8-3-9-15-19/h1-15H. The molecule has 1 amide bonds. The SMILES string of the molecule is N#CC1=C(c2ccccc2)N(c2ccccc2)C(=O)C(Cl)(c2ccccc2)C1=O. The number of halogens is 1. The van der Waals surface area contributed by atoms with Crippen molar-refractivity contribution < 1.29 is 9.59 Å². The van der Waals surface area contributed by atoms with E-state index < -0.39 is 16.6 Å². The van der Waals surface area contributed by atoms with E-state index in [1.165, 1.54) is 4.90 Å². The van der Waals surface area contributed by atoms with E-state index in [4.69, 9.17) is 11.6 Å². The van der Waals surface area contributed by atoms with Gasteiger partial charge in [0.15, 0.2) is 0 Å². The Morgan fingerprint density at radius 2 is 1.31 bits per heavy atom. The molecule has 0 spiro atoms. The van der Waals surface area contributed by atoms with E-state index in [1.807, 2.05) is 18.2 Å². The molecule has 1 aliphatic heterocycles. The highest BCUT2D eigenvalue weighted by Gasteiger charge is 2.55. The van der Waals surface area contributed by atoms with Crippen molar-refractivity contribution in [2.24, 2.45) is 0 Å². The Hall–Kier alpha value is -3.68. The summed E-state index contributed by atoms with van der Waals surface area (Å²) in [6.07, 6.45) is 0. The molecule has 1 atom stereocenters. The minimum absolute atomic E-state index is 0.154. The van der Waals surface area contributed by atoms with E-state index in [2.05, 4.69) is 0 Å². The van der Waals surface area contributed by atoms with Crippen molar-refractivity contribution in [3.8, 4) is 6.07 Å². The van der Waals surface area contributed by atoms with Gasteiger partial charge >= 0.3 is 0 Å². The molecule has 0 aromatic heterocycles. The Morgan fingerprint density at radius 1 is 0.793 bits per heavy atom. The number of amides is 1. The molecule has 0 radical (unpaired) electrons. The minimum atomic E-state index is -2.01. The summed E-state index contributed by atoms with van der Waals surface area (Å²) < 4.78 is 0. The molecule has 140 valence electrons. The van der Waals surface area contributed by atoms with Crippen molar-refractivity contribution >= 4 is 34.7 Å². The van der Waals surface area contributed by atoms with Crippen LogP contribution in [-0.2, 0) is 14.5 Å². The van der Waals surface area contributed by atoms with Crippen LogP contribution in [-0.4, -0.2) is 11.7 Å². The second-order valence-electron chi connectivity index (χ2n) is 6.53. The highest BCUT2D eigenvalue weighted by molar-refractivity contribution is 6.53. The topological polar surface area (TPSA) is 61.2 Å². The van der Waals surface area contributed by atoms with Gasteiger partial charge in [-0.15, -0.1) is 0 Å². The number of carbonyl (C=O) groups is 2. The van der Waals surface area contributed by atoms with Crippen LogP contribution in [0.5, 0.6) is 0 Å². The number of anilines is 1. The zero-order valence-electron chi connectivity index (χ0n) is 15.2. The predicted octanol–water partition coefficient (Wildman–Crippen LogP) is 4.67. The van der Waals surface area contributed by atoms with Gasteiger partial charge in [0.1, 0.15) is 11.6 Å². The molecule has 0 saturated heterocycles. The molecule has 1 heterocycles. The number of carbonyl (C=O) groups excluding carboxylic acids is 2. The average Bonchev–Trinajstić information content (AvgIpc) is 2.79. The van der Waals surface area contributed by atoms with E-state index in [0.717, 1.165) is 0 Å². The van der Waals surface area contributed by atoms with Crippen molar-refractivity contribution in [3.05, 3.63) is 108 Å². The largest absolute Gasteiger partial charge is 0.290 e. The fraction of sp³-hybridized carbons (Fsp3) is 0.0417. The maximum atomic E-state index is 13.7. The number of allylic oxidation sites excluding steroid dienone is 1.